The molecule has 20 heavy (non-hydrogen) atoms. The van der Waals surface area contributed by atoms with Crippen LogP contribution in [0.15, 0.2) is 0 Å². The first kappa shape index (κ1) is 16.7. The number of sulfone groups is 1. The summed E-state index contributed by atoms with van der Waals surface area (Å²) in [4.78, 5) is 0.568. The Morgan fingerprint density at radius 1 is 1.00 bits per heavy atom. The summed E-state index contributed by atoms with van der Waals surface area (Å²) in [6.45, 7) is 0.491. The highest BCUT2D eigenvalue weighted by Crippen LogP contribution is 2.28. The van der Waals surface area contributed by atoms with Crippen LogP contribution in [0.25, 0.3) is 0 Å². The van der Waals surface area contributed by atoms with Crippen LogP contribution in [0.4, 0.5) is 0 Å². The minimum atomic E-state index is -3.37. The van der Waals surface area contributed by atoms with E-state index in [-0.39, 0.29) is 24.3 Å². The fraction of sp³-hybridized carbons (Fsp3) is 1.00. The Hall–Kier alpha value is 0.340. The molecule has 0 atom stereocenters. The topological polar surface area (TPSA) is 80.3 Å². The van der Waals surface area contributed by atoms with Gasteiger partial charge in [0.15, 0.2) is 0 Å². The van der Waals surface area contributed by atoms with Gasteiger partial charge in [0.1, 0.15) is 9.84 Å². The van der Waals surface area contributed by atoms with Crippen LogP contribution in [-0.4, -0.2) is 45.0 Å². The van der Waals surface area contributed by atoms with Crippen molar-refractivity contribution in [1.82, 2.24) is 4.72 Å². The van der Waals surface area contributed by atoms with Crippen LogP contribution in [0.1, 0.15) is 38.5 Å². The summed E-state index contributed by atoms with van der Waals surface area (Å²) in [5, 5.41) is -0.543. The van der Waals surface area contributed by atoms with E-state index in [4.69, 9.17) is 0 Å². The minimum absolute atomic E-state index is 0.00667. The van der Waals surface area contributed by atoms with Gasteiger partial charge in [-0.25, -0.2) is 21.6 Å². The van der Waals surface area contributed by atoms with Gasteiger partial charge in [-0.3, -0.25) is 0 Å². The predicted molar refractivity (Wildman–Crippen MR) is 83.3 cm³/mol. The molecule has 2 fully saturated rings. The van der Waals surface area contributed by atoms with Crippen molar-refractivity contribution in [2.24, 2.45) is 5.92 Å². The van der Waals surface area contributed by atoms with E-state index < -0.39 is 25.1 Å². The van der Waals surface area contributed by atoms with Crippen LogP contribution >= 0.6 is 15.9 Å². The maximum atomic E-state index is 12.2. The maximum absolute atomic E-state index is 12.2. The molecule has 1 aliphatic heterocycles. The summed E-state index contributed by atoms with van der Waals surface area (Å²) in [6.07, 6.45) is 4.72. The third-order valence-electron chi connectivity index (χ3n) is 4.29. The van der Waals surface area contributed by atoms with E-state index in [0.29, 0.717) is 17.3 Å². The molecule has 0 spiro atoms. The molecule has 1 saturated carbocycles. The number of halogens is 1. The molecule has 0 amide bonds. The van der Waals surface area contributed by atoms with Crippen LogP contribution in [-0.2, 0) is 19.9 Å². The molecule has 1 aliphatic carbocycles. The molecule has 0 aromatic carbocycles. The van der Waals surface area contributed by atoms with Gasteiger partial charge in [-0.2, -0.15) is 0 Å². The smallest absolute Gasteiger partial charge is 0.214 e. The molecule has 0 radical (unpaired) electrons. The van der Waals surface area contributed by atoms with Gasteiger partial charge in [-0.15, -0.1) is 0 Å². The summed E-state index contributed by atoms with van der Waals surface area (Å²) in [5.74, 6) is 0.395. The summed E-state index contributed by atoms with van der Waals surface area (Å²) in [5.41, 5.74) is 0. The highest BCUT2D eigenvalue weighted by Gasteiger charge is 2.33. The molecule has 5 nitrogen and oxygen atoms in total. The second-order valence-electron chi connectivity index (χ2n) is 5.86. The summed E-state index contributed by atoms with van der Waals surface area (Å²) in [6, 6.07) is 0. The Morgan fingerprint density at radius 2 is 1.55 bits per heavy atom. The Balaban J connectivity index is 1.82. The van der Waals surface area contributed by atoms with E-state index in [1.54, 1.807) is 0 Å². The van der Waals surface area contributed by atoms with E-state index in [9.17, 15) is 16.8 Å². The molecule has 0 aromatic rings. The van der Waals surface area contributed by atoms with Gasteiger partial charge in [0, 0.05) is 11.4 Å². The standard InChI is InChI=1S/C12H22BrNO4S2/c13-11-3-1-10(2-4-11)9-14-20(17,18)12-5-7-19(15,16)8-6-12/h10-12,14H,1-9H2. The third kappa shape index (κ3) is 4.68. The number of alkyl halides is 1. The maximum Gasteiger partial charge on any atom is 0.214 e. The zero-order valence-electron chi connectivity index (χ0n) is 11.4. The molecular formula is C12H22BrNO4S2. The van der Waals surface area contributed by atoms with Gasteiger partial charge in [0.2, 0.25) is 10.0 Å². The Morgan fingerprint density at radius 3 is 2.10 bits per heavy atom. The first-order valence-electron chi connectivity index (χ1n) is 7.11. The fourth-order valence-electron chi connectivity index (χ4n) is 2.86. The molecule has 0 aromatic heterocycles. The van der Waals surface area contributed by atoms with Crippen LogP contribution in [0.2, 0.25) is 0 Å². The monoisotopic (exact) mass is 387 g/mol. The summed E-state index contributed by atoms with van der Waals surface area (Å²) < 4.78 is 49.8. The lowest BCUT2D eigenvalue weighted by atomic mass is 9.89. The van der Waals surface area contributed by atoms with Crippen molar-refractivity contribution >= 4 is 35.8 Å². The van der Waals surface area contributed by atoms with Gasteiger partial charge in [-0.1, -0.05) is 15.9 Å². The second kappa shape index (κ2) is 6.62. The molecule has 2 rings (SSSR count). The lowest BCUT2D eigenvalue weighted by Gasteiger charge is -2.27. The number of nitrogens with one attached hydrogen (secondary N) is 1. The van der Waals surface area contributed by atoms with E-state index in [1.165, 1.54) is 0 Å². The average molecular weight is 388 g/mol. The van der Waals surface area contributed by atoms with Gasteiger partial charge < -0.3 is 0 Å². The zero-order chi connectivity index (χ0) is 14.8. The molecule has 0 bridgehead atoms. The van der Waals surface area contributed by atoms with E-state index in [1.807, 2.05) is 0 Å². The Kier molecular flexibility index (Phi) is 5.53. The van der Waals surface area contributed by atoms with Crippen molar-refractivity contribution in [2.75, 3.05) is 18.1 Å². The van der Waals surface area contributed by atoms with Gasteiger partial charge in [0.05, 0.1) is 16.8 Å². The molecule has 1 saturated heterocycles. The average Bonchev–Trinajstić information content (AvgIpc) is 2.38. The van der Waals surface area contributed by atoms with Crippen molar-refractivity contribution in [1.29, 1.82) is 0 Å². The fourth-order valence-corrected chi connectivity index (χ4v) is 6.73. The molecular weight excluding hydrogens is 366 g/mol. The molecule has 2 aliphatic rings. The van der Waals surface area contributed by atoms with E-state index in [2.05, 4.69) is 20.7 Å². The SMILES string of the molecule is O=S1(=O)CCC(S(=O)(=O)NCC2CCC(Br)CC2)CC1. The molecule has 1 N–H and O–H groups in total. The van der Waals surface area contributed by atoms with Gasteiger partial charge in [0.25, 0.3) is 0 Å². The number of hydrogen-bond donors (Lipinski definition) is 1. The minimum Gasteiger partial charge on any atom is -0.229 e. The lowest BCUT2D eigenvalue weighted by Crippen LogP contribution is -2.41. The number of rotatable bonds is 4. The van der Waals surface area contributed by atoms with Crippen molar-refractivity contribution in [3.8, 4) is 0 Å². The normalized spacial score (nSPS) is 32.0. The largest absolute Gasteiger partial charge is 0.229 e. The summed E-state index contributed by atoms with van der Waals surface area (Å²) >= 11 is 3.58. The highest BCUT2D eigenvalue weighted by molar-refractivity contribution is 9.09. The first-order valence-corrected chi connectivity index (χ1v) is 11.4. The number of sulfonamides is 1. The molecule has 118 valence electrons. The quantitative estimate of drug-likeness (QED) is 0.739. The van der Waals surface area contributed by atoms with Crippen molar-refractivity contribution < 1.29 is 16.8 Å². The van der Waals surface area contributed by atoms with E-state index in [0.717, 1.165) is 25.7 Å². The molecule has 1 heterocycles. The van der Waals surface area contributed by atoms with Gasteiger partial charge >= 0.3 is 0 Å². The third-order valence-corrected chi connectivity index (χ3v) is 8.84. The highest BCUT2D eigenvalue weighted by atomic mass is 79.9. The van der Waals surface area contributed by atoms with Crippen LogP contribution in [0.3, 0.4) is 0 Å². The Bertz CT molecular complexity index is 510. The van der Waals surface area contributed by atoms with Crippen LogP contribution in [0.5, 0.6) is 0 Å². The second-order valence-corrected chi connectivity index (χ2v) is 11.5. The lowest BCUT2D eigenvalue weighted by molar-refractivity contribution is 0.365. The first-order chi connectivity index (χ1) is 9.28. The number of hydrogen-bond acceptors (Lipinski definition) is 4. The Labute approximate surface area is 130 Å². The van der Waals surface area contributed by atoms with Crippen molar-refractivity contribution in [3.63, 3.8) is 0 Å². The summed E-state index contributed by atoms with van der Waals surface area (Å²) in [7, 11) is -6.39. The zero-order valence-corrected chi connectivity index (χ0v) is 14.6. The molecule has 0 unspecified atom stereocenters. The predicted octanol–water partition coefficient (Wildman–Crippen LogP) is 1.44. The van der Waals surface area contributed by atoms with Crippen molar-refractivity contribution in [2.45, 2.75) is 48.6 Å². The van der Waals surface area contributed by atoms with E-state index >= 15 is 0 Å². The van der Waals surface area contributed by atoms with Crippen LogP contribution in [0, 0.1) is 5.92 Å². The molecule has 8 heteroatoms. The van der Waals surface area contributed by atoms with Crippen LogP contribution < -0.4 is 4.72 Å². The van der Waals surface area contributed by atoms with Gasteiger partial charge in [-0.05, 0) is 44.4 Å². The van der Waals surface area contributed by atoms with Crippen molar-refractivity contribution in [3.05, 3.63) is 0 Å².